The molecule has 14 heavy (non-hydrogen) atoms. The summed E-state index contributed by atoms with van der Waals surface area (Å²) in [5, 5.41) is 2.61. The Labute approximate surface area is 83.1 Å². The third-order valence-electron chi connectivity index (χ3n) is 2.31. The van der Waals surface area contributed by atoms with Gasteiger partial charge in [-0.3, -0.25) is 0 Å². The van der Waals surface area contributed by atoms with E-state index in [0.29, 0.717) is 5.56 Å². The zero-order valence-electron chi connectivity index (χ0n) is 8.43. The van der Waals surface area contributed by atoms with Gasteiger partial charge in [0.05, 0.1) is 6.04 Å². The fourth-order valence-corrected chi connectivity index (χ4v) is 1.40. The number of nitrogens with one attached hydrogen (secondary N) is 1. The zero-order valence-corrected chi connectivity index (χ0v) is 8.43. The molecular formula is C11H15F2N. The second-order valence-corrected chi connectivity index (χ2v) is 3.20. The molecule has 0 bridgehead atoms. The Hall–Kier alpha value is -0.960. The van der Waals surface area contributed by atoms with Crippen molar-refractivity contribution in [2.45, 2.75) is 25.8 Å². The maximum atomic E-state index is 12.5. The molecule has 0 amide bonds. The monoisotopic (exact) mass is 199 g/mol. The van der Waals surface area contributed by atoms with E-state index in [0.717, 1.165) is 12.0 Å². The summed E-state index contributed by atoms with van der Waals surface area (Å²) in [4.78, 5) is 0. The summed E-state index contributed by atoms with van der Waals surface area (Å²) in [6.07, 6.45) is -1.44. The molecule has 1 nitrogen and oxygen atoms in total. The predicted molar refractivity (Wildman–Crippen MR) is 53.6 cm³/mol. The van der Waals surface area contributed by atoms with E-state index >= 15 is 0 Å². The van der Waals surface area contributed by atoms with Crippen molar-refractivity contribution < 1.29 is 8.78 Å². The smallest absolute Gasteiger partial charge is 0.257 e. The number of halogens is 2. The van der Waals surface area contributed by atoms with E-state index in [2.05, 4.69) is 5.32 Å². The zero-order chi connectivity index (χ0) is 10.6. The Morgan fingerprint density at radius 1 is 1.21 bits per heavy atom. The van der Waals surface area contributed by atoms with E-state index in [9.17, 15) is 8.78 Å². The lowest BCUT2D eigenvalue weighted by Crippen LogP contribution is -2.23. The molecule has 1 rings (SSSR count). The third kappa shape index (κ3) is 2.51. The van der Waals surface area contributed by atoms with E-state index in [1.54, 1.807) is 19.2 Å². The second-order valence-electron chi connectivity index (χ2n) is 3.20. The van der Waals surface area contributed by atoms with Crippen molar-refractivity contribution in [1.82, 2.24) is 5.32 Å². The molecule has 0 aromatic heterocycles. The molecule has 1 unspecified atom stereocenters. The first kappa shape index (κ1) is 11.1. The van der Waals surface area contributed by atoms with Crippen LogP contribution in [0, 0.1) is 0 Å². The van der Waals surface area contributed by atoms with Crippen molar-refractivity contribution >= 4 is 0 Å². The van der Waals surface area contributed by atoms with Gasteiger partial charge in [0.2, 0.25) is 0 Å². The standard InChI is InChI=1S/C11H15F2N/c1-3-8-4-6-9(7-5-8)10(14-2)11(12)13/h4-7,10-11,14H,3H2,1-2H3. The number of aryl methyl sites for hydroxylation is 1. The minimum Gasteiger partial charge on any atom is -0.308 e. The Kier molecular flexibility index (Phi) is 4.01. The van der Waals surface area contributed by atoms with Crippen molar-refractivity contribution in [2.24, 2.45) is 0 Å². The third-order valence-corrected chi connectivity index (χ3v) is 2.31. The molecule has 0 fully saturated rings. The van der Waals surface area contributed by atoms with Gasteiger partial charge < -0.3 is 5.32 Å². The summed E-state index contributed by atoms with van der Waals surface area (Å²) < 4.78 is 25.0. The van der Waals surface area contributed by atoms with Crippen LogP contribution in [0.5, 0.6) is 0 Å². The first-order chi connectivity index (χ1) is 6.69. The maximum Gasteiger partial charge on any atom is 0.257 e. The van der Waals surface area contributed by atoms with Gasteiger partial charge in [-0.15, -0.1) is 0 Å². The predicted octanol–water partition coefficient (Wildman–Crippen LogP) is 2.77. The summed E-state index contributed by atoms with van der Waals surface area (Å²) in [7, 11) is 1.55. The van der Waals surface area contributed by atoms with Crippen LogP contribution in [0.4, 0.5) is 8.78 Å². The van der Waals surface area contributed by atoms with Gasteiger partial charge in [-0.05, 0) is 24.6 Å². The average molecular weight is 199 g/mol. The van der Waals surface area contributed by atoms with Gasteiger partial charge in [-0.25, -0.2) is 8.78 Å². The molecule has 0 spiro atoms. The molecule has 1 aromatic rings. The SMILES string of the molecule is CCc1ccc(C(NC)C(F)F)cc1. The minimum atomic E-state index is -2.37. The highest BCUT2D eigenvalue weighted by atomic mass is 19.3. The summed E-state index contributed by atoms with van der Waals surface area (Å²) >= 11 is 0. The highest BCUT2D eigenvalue weighted by molar-refractivity contribution is 5.25. The average Bonchev–Trinajstić information content (AvgIpc) is 2.19. The molecule has 0 radical (unpaired) electrons. The number of alkyl halides is 2. The van der Waals surface area contributed by atoms with Gasteiger partial charge in [0.15, 0.2) is 0 Å². The van der Waals surface area contributed by atoms with E-state index in [1.807, 2.05) is 19.1 Å². The molecule has 1 atom stereocenters. The van der Waals surface area contributed by atoms with Crippen LogP contribution < -0.4 is 5.32 Å². The summed E-state index contributed by atoms with van der Waals surface area (Å²) in [5.74, 6) is 0. The summed E-state index contributed by atoms with van der Waals surface area (Å²) in [5.41, 5.74) is 1.80. The lowest BCUT2D eigenvalue weighted by Gasteiger charge is -2.15. The number of hydrogen-bond donors (Lipinski definition) is 1. The molecule has 78 valence electrons. The highest BCUT2D eigenvalue weighted by Gasteiger charge is 2.19. The largest absolute Gasteiger partial charge is 0.308 e. The molecule has 0 saturated carbocycles. The molecule has 0 aliphatic rings. The minimum absolute atomic E-state index is 0.639. The molecule has 3 heteroatoms. The van der Waals surface area contributed by atoms with E-state index in [4.69, 9.17) is 0 Å². The Morgan fingerprint density at radius 2 is 1.79 bits per heavy atom. The summed E-state index contributed by atoms with van der Waals surface area (Å²) in [6, 6.07) is 6.43. The number of rotatable bonds is 4. The van der Waals surface area contributed by atoms with Gasteiger partial charge in [0, 0.05) is 0 Å². The first-order valence-electron chi connectivity index (χ1n) is 4.73. The van der Waals surface area contributed by atoms with Crippen LogP contribution >= 0.6 is 0 Å². The van der Waals surface area contributed by atoms with E-state index in [1.165, 1.54) is 0 Å². The highest BCUT2D eigenvalue weighted by Crippen LogP contribution is 2.20. The lowest BCUT2D eigenvalue weighted by molar-refractivity contribution is 0.102. The molecule has 0 aliphatic heterocycles. The fraction of sp³-hybridized carbons (Fsp3) is 0.455. The van der Waals surface area contributed by atoms with Crippen molar-refractivity contribution in [2.75, 3.05) is 7.05 Å². The number of hydrogen-bond acceptors (Lipinski definition) is 1. The van der Waals surface area contributed by atoms with Crippen LogP contribution in [0.2, 0.25) is 0 Å². The Morgan fingerprint density at radius 3 is 2.14 bits per heavy atom. The second kappa shape index (κ2) is 5.05. The molecule has 1 aromatic carbocycles. The van der Waals surface area contributed by atoms with E-state index < -0.39 is 12.5 Å². The Balaban J connectivity index is 2.84. The van der Waals surface area contributed by atoms with Crippen molar-refractivity contribution in [3.8, 4) is 0 Å². The molecule has 0 heterocycles. The van der Waals surface area contributed by atoms with Gasteiger partial charge in [0.1, 0.15) is 0 Å². The Bertz CT molecular complexity index is 269. The van der Waals surface area contributed by atoms with Crippen LogP contribution in [0.1, 0.15) is 24.1 Å². The van der Waals surface area contributed by atoms with Crippen LogP contribution in [-0.2, 0) is 6.42 Å². The molecular weight excluding hydrogens is 184 g/mol. The normalized spacial score (nSPS) is 13.2. The van der Waals surface area contributed by atoms with Crippen molar-refractivity contribution in [3.63, 3.8) is 0 Å². The quantitative estimate of drug-likeness (QED) is 0.786. The topological polar surface area (TPSA) is 12.0 Å². The van der Waals surface area contributed by atoms with E-state index in [-0.39, 0.29) is 0 Å². The lowest BCUT2D eigenvalue weighted by atomic mass is 10.0. The summed E-state index contributed by atoms with van der Waals surface area (Å²) in [6.45, 7) is 2.04. The van der Waals surface area contributed by atoms with Crippen LogP contribution in [0.25, 0.3) is 0 Å². The van der Waals surface area contributed by atoms with Crippen molar-refractivity contribution in [3.05, 3.63) is 35.4 Å². The maximum absolute atomic E-state index is 12.5. The van der Waals surface area contributed by atoms with Gasteiger partial charge >= 0.3 is 0 Å². The van der Waals surface area contributed by atoms with Gasteiger partial charge in [0.25, 0.3) is 6.43 Å². The first-order valence-corrected chi connectivity index (χ1v) is 4.73. The van der Waals surface area contributed by atoms with Gasteiger partial charge in [-0.1, -0.05) is 31.2 Å². The molecule has 0 aliphatic carbocycles. The van der Waals surface area contributed by atoms with Crippen LogP contribution in [0.15, 0.2) is 24.3 Å². The fourth-order valence-electron chi connectivity index (χ4n) is 1.40. The molecule has 1 N–H and O–H groups in total. The van der Waals surface area contributed by atoms with Crippen LogP contribution in [-0.4, -0.2) is 13.5 Å². The van der Waals surface area contributed by atoms with Gasteiger partial charge in [-0.2, -0.15) is 0 Å². The van der Waals surface area contributed by atoms with Crippen molar-refractivity contribution in [1.29, 1.82) is 0 Å². The number of benzene rings is 1. The van der Waals surface area contributed by atoms with Crippen LogP contribution in [0.3, 0.4) is 0 Å². The molecule has 0 saturated heterocycles.